The second kappa shape index (κ2) is 3.74. The van der Waals surface area contributed by atoms with E-state index in [1.165, 1.54) is 0 Å². The number of aliphatic hydroxyl groups excluding tert-OH is 1. The van der Waals surface area contributed by atoms with Crippen molar-refractivity contribution in [3.05, 3.63) is 41.0 Å². The van der Waals surface area contributed by atoms with E-state index in [0.29, 0.717) is 17.5 Å². The third-order valence-electron chi connectivity index (χ3n) is 1.49. The third kappa shape index (κ3) is 2.21. The van der Waals surface area contributed by atoms with Crippen LogP contribution in [0.15, 0.2) is 24.3 Å². The van der Waals surface area contributed by atoms with Crippen LogP contribution in [0.3, 0.4) is 0 Å². The summed E-state index contributed by atoms with van der Waals surface area (Å²) in [5.41, 5.74) is 0.806. The first-order valence-corrected chi connectivity index (χ1v) is 3.92. The number of aliphatic hydroxyl groups is 1. The van der Waals surface area contributed by atoms with Crippen molar-refractivity contribution in [1.29, 1.82) is 0 Å². The Morgan fingerprint density at radius 2 is 2.27 bits per heavy atom. The zero-order valence-corrected chi connectivity index (χ0v) is 7.10. The molecule has 2 heteroatoms. The molecule has 0 bridgehead atoms. The van der Waals surface area contributed by atoms with Crippen molar-refractivity contribution in [2.75, 3.05) is 0 Å². The van der Waals surface area contributed by atoms with Crippen molar-refractivity contribution >= 4 is 11.6 Å². The molecule has 1 N–H and O–H groups in total. The lowest BCUT2D eigenvalue weighted by Crippen LogP contribution is -1.94. The number of hydrogen-bond donors (Lipinski definition) is 1. The maximum Gasteiger partial charge on any atom is 0.122 e. The van der Waals surface area contributed by atoms with Gasteiger partial charge in [0.15, 0.2) is 0 Å². The fourth-order valence-electron chi connectivity index (χ4n) is 0.872. The molecule has 0 fully saturated rings. The minimum absolute atomic E-state index is 0.382. The van der Waals surface area contributed by atoms with Gasteiger partial charge < -0.3 is 5.11 Å². The van der Waals surface area contributed by atoms with Crippen LogP contribution in [0.1, 0.15) is 18.9 Å². The smallest absolute Gasteiger partial charge is 0.122 e. The average Bonchev–Trinajstić information content (AvgIpc) is 2.03. The first kappa shape index (κ1) is 8.57. The predicted octanol–water partition coefficient (Wildman–Crippen LogP) is 3.00. The molecule has 0 aliphatic rings. The van der Waals surface area contributed by atoms with Crippen LogP contribution in [-0.2, 0) is 0 Å². The van der Waals surface area contributed by atoms with Gasteiger partial charge in [0.05, 0.1) is 0 Å². The lowest BCUT2D eigenvalue weighted by molar-refractivity contribution is 0.319. The normalized spacial score (nSPS) is 10.5. The van der Waals surface area contributed by atoms with Crippen molar-refractivity contribution in [2.45, 2.75) is 13.3 Å². The number of benzene rings is 1. The zero-order chi connectivity index (χ0) is 8.27. The van der Waals surface area contributed by atoms with E-state index >= 15 is 0 Å². The minimum Gasteiger partial charge on any atom is -0.382 e. The molecule has 0 aliphatic heterocycles. The molecule has 1 aromatic rings. The van der Waals surface area contributed by atoms with Crippen LogP contribution in [0.4, 0.5) is 0 Å². The Hall–Kier alpha value is -0.530. The van der Waals surface area contributed by atoms with E-state index in [4.69, 9.17) is 11.6 Å². The maximum atomic E-state index is 9.31. The third-order valence-corrected chi connectivity index (χ3v) is 1.73. The molecule has 0 saturated heterocycles. The van der Waals surface area contributed by atoms with Gasteiger partial charge in [0.25, 0.3) is 0 Å². The molecule has 0 saturated carbocycles. The van der Waals surface area contributed by atoms with E-state index in [-0.39, 0.29) is 0 Å². The molecule has 1 rings (SSSR count). The Kier molecular flexibility index (Phi) is 2.92. The van der Waals surface area contributed by atoms with Crippen LogP contribution in [-0.4, -0.2) is 5.11 Å². The predicted molar refractivity (Wildman–Crippen MR) is 46.0 cm³/mol. The topological polar surface area (TPSA) is 20.2 Å². The van der Waals surface area contributed by atoms with Gasteiger partial charge in [-0.3, -0.25) is 0 Å². The van der Waals surface area contributed by atoms with Crippen molar-refractivity contribution in [3.8, 4) is 0 Å². The summed E-state index contributed by atoms with van der Waals surface area (Å²) in [6.07, 6.45) is 1.02. The Bertz CT molecular complexity index is 235. The zero-order valence-electron chi connectivity index (χ0n) is 6.34. The number of halogens is 1. The van der Waals surface area contributed by atoms with Gasteiger partial charge in [0, 0.05) is 5.02 Å². The van der Waals surface area contributed by atoms with Gasteiger partial charge in [-0.1, -0.05) is 30.7 Å². The number of rotatable bonds is 2. The van der Waals surface area contributed by atoms with Crippen LogP contribution in [0, 0.1) is 6.10 Å². The molecular weight excluding hydrogens is 160 g/mol. The molecule has 1 nitrogen and oxygen atoms in total. The van der Waals surface area contributed by atoms with E-state index < -0.39 is 0 Å². The molecule has 1 radical (unpaired) electrons. The van der Waals surface area contributed by atoms with Gasteiger partial charge in [-0.15, -0.1) is 0 Å². The summed E-state index contributed by atoms with van der Waals surface area (Å²) in [6, 6.07) is 7.20. The summed E-state index contributed by atoms with van der Waals surface area (Å²) < 4.78 is 0. The summed E-state index contributed by atoms with van der Waals surface area (Å²) in [7, 11) is 0. The summed E-state index contributed by atoms with van der Waals surface area (Å²) in [5, 5.41) is 9.97. The van der Waals surface area contributed by atoms with E-state index in [0.717, 1.165) is 5.56 Å². The van der Waals surface area contributed by atoms with E-state index in [9.17, 15) is 5.11 Å². The SMILES string of the molecule is CC[C](O)c1cccc(Cl)c1. The second-order valence-corrected chi connectivity index (χ2v) is 2.75. The molecule has 0 atom stereocenters. The summed E-state index contributed by atoms with van der Waals surface area (Å²) >= 11 is 5.72. The Morgan fingerprint density at radius 3 is 2.82 bits per heavy atom. The first-order chi connectivity index (χ1) is 5.24. The molecule has 0 amide bonds. The van der Waals surface area contributed by atoms with Crippen LogP contribution >= 0.6 is 11.6 Å². The molecule has 0 aliphatic carbocycles. The number of hydrogen-bond acceptors (Lipinski definition) is 1. The fourth-order valence-corrected chi connectivity index (χ4v) is 1.06. The van der Waals surface area contributed by atoms with Gasteiger partial charge in [-0.25, -0.2) is 0 Å². The molecular formula is C9H10ClO. The van der Waals surface area contributed by atoms with E-state index in [2.05, 4.69) is 0 Å². The maximum absolute atomic E-state index is 9.31. The van der Waals surface area contributed by atoms with Crippen LogP contribution < -0.4 is 0 Å². The highest BCUT2D eigenvalue weighted by Gasteiger charge is 2.04. The van der Waals surface area contributed by atoms with Crippen molar-refractivity contribution < 1.29 is 5.11 Å². The van der Waals surface area contributed by atoms with Crippen LogP contribution in [0.2, 0.25) is 5.02 Å². The standard InChI is InChI=1S/C9H10ClO/c1-2-9(11)7-4-3-5-8(10)6-7/h3-6,11H,2H2,1H3. The van der Waals surface area contributed by atoms with Gasteiger partial charge >= 0.3 is 0 Å². The molecule has 0 unspecified atom stereocenters. The highest BCUT2D eigenvalue weighted by atomic mass is 35.5. The monoisotopic (exact) mass is 169 g/mol. The highest BCUT2D eigenvalue weighted by molar-refractivity contribution is 6.30. The fraction of sp³-hybridized carbons (Fsp3) is 0.222. The second-order valence-electron chi connectivity index (χ2n) is 2.31. The first-order valence-electron chi connectivity index (χ1n) is 3.54. The summed E-state index contributed by atoms with van der Waals surface area (Å²) in [6.45, 7) is 1.90. The summed E-state index contributed by atoms with van der Waals surface area (Å²) in [5.74, 6) is 0. The summed E-state index contributed by atoms with van der Waals surface area (Å²) in [4.78, 5) is 0. The van der Waals surface area contributed by atoms with Crippen LogP contribution in [0.5, 0.6) is 0 Å². The Labute approximate surface area is 71.6 Å². The van der Waals surface area contributed by atoms with Crippen molar-refractivity contribution in [2.24, 2.45) is 0 Å². The quantitative estimate of drug-likeness (QED) is 0.722. The molecule has 59 valence electrons. The Balaban J connectivity index is 2.86. The lowest BCUT2D eigenvalue weighted by Gasteiger charge is -2.05. The molecule has 0 aromatic heterocycles. The van der Waals surface area contributed by atoms with Gasteiger partial charge in [0.2, 0.25) is 0 Å². The molecule has 1 aromatic carbocycles. The largest absolute Gasteiger partial charge is 0.382 e. The Morgan fingerprint density at radius 1 is 1.55 bits per heavy atom. The van der Waals surface area contributed by atoms with E-state index in [1.807, 2.05) is 19.1 Å². The minimum atomic E-state index is 0.382. The van der Waals surface area contributed by atoms with Gasteiger partial charge in [-0.2, -0.15) is 0 Å². The van der Waals surface area contributed by atoms with Crippen LogP contribution in [0.25, 0.3) is 0 Å². The van der Waals surface area contributed by atoms with Gasteiger partial charge in [-0.05, 0) is 24.1 Å². The van der Waals surface area contributed by atoms with E-state index in [1.54, 1.807) is 12.1 Å². The van der Waals surface area contributed by atoms with Gasteiger partial charge in [0.1, 0.15) is 6.10 Å². The van der Waals surface area contributed by atoms with Crippen molar-refractivity contribution in [1.82, 2.24) is 0 Å². The highest BCUT2D eigenvalue weighted by Crippen LogP contribution is 2.18. The molecule has 0 spiro atoms. The lowest BCUT2D eigenvalue weighted by atomic mass is 10.1. The molecule has 11 heavy (non-hydrogen) atoms. The molecule has 0 heterocycles. The average molecular weight is 170 g/mol. The van der Waals surface area contributed by atoms with Crippen molar-refractivity contribution in [3.63, 3.8) is 0 Å².